The largest absolute Gasteiger partial charge is 0.478 e. The number of nitrogens with zero attached hydrogens (tertiary/aromatic N) is 2. The highest BCUT2D eigenvalue weighted by Gasteiger charge is 2.40. The highest BCUT2D eigenvalue weighted by Crippen LogP contribution is 2.42. The van der Waals surface area contributed by atoms with Crippen LogP contribution in [0.4, 0.5) is 5.95 Å². The summed E-state index contributed by atoms with van der Waals surface area (Å²) in [5.41, 5.74) is 6.40. The van der Waals surface area contributed by atoms with E-state index in [0.29, 0.717) is 18.4 Å². The number of hydrogen-bond donors (Lipinski definition) is 3. The van der Waals surface area contributed by atoms with Crippen molar-refractivity contribution in [1.29, 1.82) is 0 Å². The fraction of sp³-hybridized carbons (Fsp3) is 0.400. The predicted octanol–water partition coefficient (Wildman–Crippen LogP) is 2.54. The zero-order chi connectivity index (χ0) is 21.6. The molecule has 1 aliphatic rings. The Labute approximate surface area is 175 Å². The Hall–Kier alpha value is -2.98. The van der Waals surface area contributed by atoms with Crippen molar-refractivity contribution in [3.8, 4) is 0 Å². The van der Waals surface area contributed by atoms with Gasteiger partial charge in [-0.15, -0.1) is 0 Å². The second-order valence-corrected chi connectivity index (χ2v) is 8.49. The average molecular weight is 430 g/mol. The van der Waals surface area contributed by atoms with Gasteiger partial charge in [-0.25, -0.2) is 4.79 Å². The number of nitrogen functional groups attached to an aromatic ring is 1. The minimum Gasteiger partial charge on any atom is -0.478 e. The van der Waals surface area contributed by atoms with Gasteiger partial charge in [-0.05, 0) is 24.5 Å². The molecule has 0 radical (unpaired) electrons. The first-order valence-corrected chi connectivity index (χ1v) is 10.5. The van der Waals surface area contributed by atoms with Crippen molar-refractivity contribution in [1.82, 2.24) is 14.5 Å². The monoisotopic (exact) mass is 430 g/mol. The molecule has 0 amide bonds. The van der Waals surface area contributed by atoms with Crippen LogP contribution in [0.3, 0.4) is 0 Å². The van der Waals surface area contributed by atoms with Crippen LogP contribution in [0.25, 0.3) is 10.3 Å². The van der Waals surface area contributed by atoms with E-state index in [2.05, 4.69) is 9.97 Å². The summed E-state index contributed by atoms with van der Waals surface area (Å²) < 4.78 is 7.91. The number of aromatic amines is 1. The number of nitrogens with two attached hydrogens (primary N) is 1. The molecule has 2 aromatic heterocycles. The van der Waals surface area contributed by atoms with Crippen molar-refractivity contribution in [3.05, 3.63) is 55.4 Å². The van der Waals surface area contributed by atoms with Crippen LogP contribution in [0, 0.1) is 5.92 Å². The highest BCUT2D eigenvalue weighted by molar-refractivity contribution is 7.16. The molecule has 1 fully saturated rings. The Balaban J connectivity index is 1.73. The third kappa shape index (κ3) is 3.31. The molecule has 1 saturated heterocycles. The first kappa shape index (κ1) is 20.3. The van der Waals surface area contributed by atoms with Crippen LogP contribution >= 0.6 is 11.3 Å². The Bertz CT molecular complexity index is 1230. The number of benzene rings is 1. The number of ether oxygens (including phenoxy) is 1. The van der Waals surface area contributed by atoms with Crippen molar-refractivity contribution in [2.24, 2.45) is 5.92 Å². The van der Waals surface area contributed by atoms with E-state index in [4.69, 9.17) is 10.5 Å². The fourth-order valence-electron chi connectivity index (χ4n) is 4.29. The highest BCUT2D eigenvalue weighted by atomic mass is 32.1. The van der Waals surface area contributed by atoms with Crippen molar-refractivity contribution in [2.45, 2.75) is 44.9 Å². The summed E-state index contributed by atoms with van der Waals surface area (Å²) in [6.07, 6.45) is 0.422. The minimum atomic E-state index is -0.981. The van der Waals surface area contributed by atoms with E-state index >= 15 is 0 Å². The molecule has 3 aromatic rings. The lowest BCUT2D eigenvalue weighted by Crippen LogP contribution is -2.25. The van der Waals surface area contributed by atoms with Gasteiger partial charge in [0.25, 0.3) is 5.56 Å². The van der Waals surface area contributed by atoms with E-state index in [1.165, 1.54) is 4.57 Å². The molecule has 0 aliphatic carbocycles. The summed E-state index contributed by atoms with van der Waals surface area (Å²) in [5, 5.41) is 9.58. The number of H-pyrrole nitrogens is 1. The fourth-order valence-corrected chi connectivity index (χ4v) is 5.14. The average Bonchev–Trinajstić information content (AvgIpc) is 3.22. The lowest BCUT2D eigenvalue weighted by molar-refractivity contribution is -0.0205. The van der Waals surface area contributed by atoms with Gasteiger partial charge in [0.2, 0.25) is 5.95 Å². The van der Waals surface area contributed by atoms with Crippen LogP contribution in [-0.2, 0) is 4.74 Å². The number of rotatable bonds is 5. The lowest BCUT2D eigenvalue weighted by atomic mass is 9.85. The summed E-state index contributed by atoms with van der Waals surface area (Å²) in [5.74, 6) is -1.24. The van der Waals surface area contributed by atoms with E-state index in [1.807, 2.05) is 26.0 Å². The maximum absolute atomic E-state index is 12.7. The first-order valence-electron chi connectivity index (χ1n) is 9.70. The van der Waals surface area contributed by atoms with Gasteiger partial charge in [0.05, 0.1) is 11.7 Å². The number of anilines is 1. The number of aromatic nitrogens is 3. The zero-order valence-corrected chi connectivity index (χ0v) is 17.3. The second-order valence-electron chi connectivity index (χ2n) is 7.53. The number of aromatic carboxylic acids is 1. The number of thiazole rings is 1. The van der Waals surface area contributed by atoms with Crippen LogP contribution in [0.2, 0.25) is 0 Å². The summed E-state index contributed by atoms with van der Waals surface area (Å²) in [7, 11) is 0. The third-order valence-electron chi connectivity index (χ3n) is 5.63. The number of carboxylic acids is 1. The van der Waals surface area contributed by atoms with Gasteiger partial charge >= 0.3 is 10.8 Å². The molecule has 0 spiro atoms. The lowest BCUT2D eigenvalue weighted by Gasteiger charge is -2.24. The number of carbonyl (C=O) groups is 1. The van der Waals surface area contributed by atoms with E-state index in [-0.39, 0.29) is 44.7 Å². The van der Waals surface area contributed by atoms with E-state index in [0.717, 1.165) is 11.3 Å². The summed E-state index contributed by atoms with van der Waals surface area (Å²) in [6.45, 7) is 3.95. The maximum Gasteiger partial charge on any atom is 0.335 e. The number of carboxylic acid groups (broad SMARTS) is 1. The molecule has 9 nitrogen and oxygen atoms in total. The Morgan fingerprint density at radius 3 is 2.87 bits per heavy atom. The van der Waals surface area contributed by atoms with Gasteiger partial charge in [0.15, 0.2) is 5.65 Å². The second kappa shape index (κ2) is 7.69. The first-order chi connectivity index (χ1) is 14.3. The molecule has 1 aromatic carbocycles. The molecule has 158 valence electrons. The topological polar surface area (TPSA) is 140 Å². The summed E-state index contributed by atoms with van der Waals surface area (Å²) in [4.78, 5) is 42.7. The molecule has 4 rings (SSSR count). The number of nitrogens with one attached hydrogen (secondary N) is 1. The molecule has 10 heteroatoms. The van der Waals surface area contributed by atoms with Crippen LogP contribution in [0.15, 0.2) is 33.9 Å². The molecular formula is C20H22N4O5S. The predicted molar refractivity (Wildman–Crippen MR) is 113 cm³/mol. The molecule has 3 heterocycles. The molecule has 30 heavy (non-hydrogen) atoms. The van der Waals surface area contributed by atoms with Crippen molar-refractivity contribution in [3.63, 3.8) is 0 Å². The van der Waals surface area contributed by atoms with Gasteiger partial charge in [-0.1, -0.05) is 43.4 Å². The molecule has 0 bridgehead atoms. The smallest absolute Gasteiger partial charge is 0.335 e. The van der Waals surface area contributed by atoms with Crippen LogP contribution in [0.1, 0.15) is 54.8 Å². The van der Waals surface area contributed by atoms with Crippen molar-refractivity contribution in [2.75, 3.05) is 5.73 Å². The maximum atomic E-state index is 12.7. The van der Waals surface area contributed by atoms with Crippen LogP contribution in [-0.4, -0.2) is 31.7 Å². The Morgan fingerprint density at radius 1 is 1.43 bits per heavy atom. The molecule has 1 unspecified atom stereocenters. The molecule has 4 N–H and O–H groups in total. The van der Waals surface area contributed by atoms with Gasteiger partial charge in [0, 0.05) is 11.8 Å². The van der Waals surface area contributed by atoms with E-state index in [1.54, 1.807) is 12.1 Å². The van der Waals surface area contributed by atoms with Gasteiger partial charge in [-0.2, -0.15) is 4.98 Å². The summed E-state index contributed by atoms with van der Waals surface area (Å²) in [6, 6.07) is 6.92. The Kier molecular flexibility index (Phi) is 5.20. The number of fused-ring (bicyclic) bond motifs is 1. The molecule has 4 atom stereocenters. The molecular weight excluding hydrogens is 408 g/mol. The Morgan fingerprint density at radius 2 is 2.17 bits per heavy atom. The SMILES string of the molecule is CCC(c1ccccc1C(=O)O)[C@@H]1C[C@@H](C)[C@H](n2c(=O)sc3c(=O)[nH]c(N)nc32)O1. The van der Waals surface area contributed by atoms with E-state index in [9.17, 15) is 19.5 Å². The molecule has 0 saturated carbocycles. The zero-order valence-electron chi connectivity index (χ0n) is 16.5. The van der Waals surface area contributed by atoms with Gasteiger partial charge < -0.3 is 15.6 Å². The normalized spacial score (nSPS) is 22.4. The number of hydrogen-bond acceptors (Lipinski definition) is 7. The van der Waals surface area contributed by atoms with Gasteiger partial charge in [0.1, 0.15) is 10.9 Å². The van der Waals surface area contributed by atoms with Crippen LogP contribution in [0.5, 0.6) is 0 Å². The van der Waals surface area contributed by atoms with Crippen molar-refractivity contribution >= 4 is 33.6 Å². The summed E-state index contributed by atoms with van der Waals surface area (Å²) >= 11 is 0.809. The van der Waals surface area contributed by atoms with E-state index < -0.39 is 17.8 Å². The third-order valence-corrected chi connectivity index (χ3v) is 6.57. The standard InChI is InChI=1S/C20H22N4O5S/c1-3-10(11-6-4-5-7-12(11)18(26)27)13-8-9(2)17(29-13)24-15-14(30-20(24)28)16(25)23-19(21)22-15/h4-7,9-10,13,17H,3,8H2,1-2H3,(H,26,27)(H3,21,22,23,25)/t9-,10?,13+,17-/m1/s1. The molecule has 1 aliphatic heterocycles. The van der Waals surface area contributed by atoms with Crippen molar-refractivity contribution < 1.29 is 14.6 Å². The minimum absolute atomic E-state index is 0.0427. The quantitative estimate of drug-likeness (QED) is 0.565. The van der Waals surface area contributed by atoms with Crippen LogP contribution < -0.4 is 16.2 Å². The van der Waals surface area contributed by atoms with Gasteiger partial charge in [-0.3, -0.25) is 19.1 Å².